The van der Waals surface area contributed by atoms with Crippen LogP contribution in [0, 0.1) is 0 Å². The van der Waals surface area contributed by atoms with E-state index in [0.29, 0.717) is 10.9 Å². The molecule has 2 aromatic carbocycles. The molecule has 0 bridgehead atoms. The van der Waals surface area contributed by atoms with Crippen LogP contribution in [0.1, 0.15) is 35.8 Å². The van der Waals surface area contributed by atoms with Gasteiger partial charge in [-0.2, -0.15) is 0 Å². The molecular formula is C27H26N6O2S3. The molecule has 11 heteroatoms. The van der Waals surface area contributed by atoms with Crippen molar-refractivity contribution in [1.82, 2.24) is 24.3 Å². The summed E-state index contributed by atoms with van der Waals surface area (Å²) in [7, 11) is 1.85. The van der Waals surface area contributed by atoms with Gasteiger partial charge in [-0.25, -0.2) is 4.98 Å². The number of nitrogens with zero attached hydrogens (tertiary/aromatic N) is 5. The Kier molecular flexibility index (Phi) is 6.98. The number of thioether (sulfide) groups is 2. The maximum atomic E-state index is 13.4. The van der Waals surface area contributed by atoms with Gasteiger partial charge >= 0.3 is 0 Å². The molecule has 0 saturated carbocycles. The number of rotatable bonds is 7. The van der Waals surface area contributed by atoms with Gasteiger partial charge in [-0.1, -0.05) is 41.7 Å². The second-order valence-corrected chi connectivity index (χ2v) is 12.9. The zero-order valence-corrected chi connectivity index (χ0v) is 23.5. The lowest BCUT2D eigenvalue weighted by Crippen LogP contribution is -2.22. The first-order valence-electron chi connectivity index (χ1n) is 12.5. The number of benzene rings is 2. The van der Waals surface area contributed by atoms with Crippen LogP contribution in [0.25, 0.3) is 21.1 Å². The van der Waals surface area contributed by atoms with Crippen LogP contribution in [0.15, 0.2) is 58.3 Å². The number of thiazole rings is 1. The highest BCUT2D eigenvalue weighted by Crippen LogP contribution is 2.35. The number of hydrogen-bond acceptors (Lipinski definition) is 8. The number of aromatic nitrogens is 5. The van der Waals surface area contributed by atoms with Crippen molar-refractivity contribution >= 4 is 73.5 Å². The molecule has 0 saturated heterocycles. The van der Waals surface area contributed by atoms with Crippen LogP contribution in [0.3, 0.4) is 0 Å². The topological polar surface area (TPSA) is 94.7 Å². The van der Waals surface area contributed by atoms with Crippen LogP contribution in [-0.4, -0.2) is 47.1 Å². The van der Waals surface area contributed by atoms with E-state index in [2.05, 4.69) is 33.7 Å². The average Bonchev–Trinajstić information content (AvgIpc) is 3.62. The largest absolute Gasteiger partial charge is 0.325 e. The number of carbonyl (C=O) groups is 2. The van der Waals surface area contributed by atoms with Gasteiger partial charge in [0.25, 0.3) is 0 Å². The van der Waals surface area contributed by atoms with Gasteiger partial charge in [0.05, 0.1) is 26.7 Å². The van der Waals surface area contributed by atoms with E-state index in [4.69, 9.17) is 4.98 Å². The van der Waals surface area contributed by atoms with Crippen molar-refractivity contribution in [2.75, 3.05) is 11.1 Å². The summed E-state index contributed by atoms with van der Waals surface area (Å²) in [6, 6.07) is 13.9. The number of anilines is 1. The van der Waals surface area contributed by atoms with Crippen LogP contribution < -0.4 is 5.32 Å². The van der Waals surface area contributed by atoms with E-state index in [1.54, 1.807) is 10.9 Å². The second-order valence-electron chi connectivity index (χ2n) is 9.30. The summed E-state index contributed by atoms with van der Waals surface area (Å²) in [6.45, 7) is 1.84. The van der Waals surface area contributed by atoms with Crippen molar-refractivity contribution in [3.63, 3.8) is 0 Å². The molecule has 5 aromatic rings. The monoisotopic (exact) mass is 562 g/mol. The third kappa shape index (κ3) is 4.85. The Bertz CT molecular complexity index is 1670. The smallest absolute Gasteiger partial charge is 0.241 e. The Hall–Kier alpha value is -3.15. The standard InChI is InChI=1S/C27H26N6O2S3/c1-16(37-26-31-28-15-32(26)2)25(35)29-17-11-12-20-23(13-17)38-27(30-20)36-14-24(34)33-21-9-5-3-7-18(21)19-8-4-6-10-22(19)33/h3,5,7,9,11-13,15-16H,4,6,8,10,14H2,1-2H3,(H,29,35)/t16-/m0/s1. The maximum Gasteiger partial charge on any atom is 0.241 e. The molecular weight excluding hydrogens is 537 g/mol. The number of hydrogen-bond donors (Lipinski definition) is 1. The van der Waals surface area contributed by atoms with E-state index in [1.807, 2.05) is 42.8 Å². The van der Waals surface area contributed by atoms with E-state index in [0.717, 1.165) is 45.0 Å². The van der Waals surface area contributed by atoms with Crippen LogP contribution in [0.5, 0.6) is 0 Å². The predicted octanol–water partition coefficient (Wildman–Crippen LogP) is 5.81. The zero-order chi connectivity index (χ0) is 26.2. The summed E-state index contributed by atoms with van der Waals surface area (Å²) < 4.78 is 5.54. The highest BCUT2D eigenvalue weighted by Gasteiger charge is 2.23. The van der Waals surface area contributed by atoms with E-state index in [-0.39, 0.29) is 17.1 Å². The lowest BCUT2D eigenvalue weighted by molar-refractivity contribution is -0.115. The quantitative estimate of drug-likeness (QED) is 0.250. The van der Waals surface area contributed by atoms with E-state index < -0.39 is 0 Å². The molecule has 38 heavy (non-hydrogen) atoms. The van der Waals surface area contributed by atoms with Crippen molar-refractivity contribution in [1.29, 1.82) is 0 Å². The minimum Gasteiger partial charge on any atom is -0.325 e. The first-order valence-corrected chi connectivity index (χ1v) is 15.2. The van der Waals surface area contributed by atoms with Crippen molar-refractivity contribution in [3.8, 4) is 0 Å². The molecule has 0 aliphatic heterocycles. The molecule has 0 fully saturated rings. The summed E-state index contributed by atoms with van der Waals surface area (Å²) in [5, 5.41) is 12.4. The lowest BCUT2D eigenvalue weighted by atomic mass is 9.96. The second kappa shape index (κ2) is 10.5. The fourth-order valence-corrected chi connectivity index (χ4v) is 7.59. The summed E-state index contributed by atoms with van der Waals surface area (Å²) in [6.07, 6.45) is 5.90. The van der Waals surface area contributed by atoms with Gasteiger partial charge in [0, 0.05) is 23.8 Å². The molecule has 0 spiro atoms. The third-order valence-electron chi connectivity index (χ3n) is 6.70. The Morgan fingerprint density at radius 1 is 1.16 bits per heavy atom. The number of para-hydroxylation sites is 1. The van der Waals surface area contributed by atoms with Gasteiger partial charge in [-0.15, -0.1) is 21.5 Å². The van der Waals surface area contributed by atoms with Gasteiger partial charge < -0.3 is 9.88 Å². The molecule has 6 rings (SSSR count). The highest BCUT2D eigenvalue weighted by atomic mass is 32.2. The fraction of sp³-hybridized carbons (Fsp3) is 0.296. The number of fused-ring (bicyclic) bond motifs is 4. The minimum atomic E-state index is -0.331. The first-order chi connectivity index (χ1) is 18.5. The minimum absolute atomic E-state index is 0.0935. The average molecular weight is 563 g/mol. The normalized spacial score (nSPS) is 14.1. The van der Waals surface area contributed by atoms with E-state index in [1.165, 1.54) is 57.9 Å². The molecule has 3 heterocycles. The van der Waals surface area contributed by atoms with Crippen molar-refractivity contribution < 1.29 is 9.59 Å². The molecule has 1 N–H and O–H groups in total. The lowest BCUT2D eigenvalue weighted by Gasteiger charge is -2.14. The van der Waals surface area contributed by atoms with Crippen molar-refractivity contribution in [2.24, 2.45) is 7.05 Å². The van der Waals surface area contributed by atoms with Crippen LogP contribution in [0.4, 0.5) is 5.69 Å². The summed E-state index contributed by atoms with van der Waals surface area (Å²) in [5.74, 6) is 0.311. The Morgan fingerprint density at radius 2 is 2.00 bits per heavy atom. The number of amides is 1. The van der Waals surface area contributed by atoms with Gasteiger partial charge in [0.15, 0.2) is 9.50 Å². The van der Waals surface area contributed by atoms with Crippen molar-refractivity contribution in [3.05, 3.63) is 60.0 Å². The van der Waals surface area contributed by atoms with E-state index >= 15 is 0 Å². The summed E-state index contributed by atoms with van der Waals surface area (Å²) in [5.41, 5.74) is 5.10. The molecule has 8 nitrogen and oxygen atoms in total. The van der Waals surface area contributed by atoms with E-state index in [9.17, 15) is 9.59 Å². The summed E-state index contributed by atoms with van der Waals surface area (Å²) >= 11 is 4.37. The van der Waals surface area contributed by atoms with Gasteiger partial charge in [-0.05, 0) is 62.4 Å². The van der Waals surface area contributed by atoms with Gasteiger partial charge in [0.1, 0.15) is 6.33 Å². The van der Waals surface area contributed by atoms with Gasteiger partial charge in [-0.3, -0.25) is 14.2 Å². The maximum absolute atomic E-state index is 13.4. The first kappa shape index (κ1) is 25.1. The van der Waals surface area contributed by atoms with Crippen LogP contribution >= 0.6 is 34.9 Å². The number of aryl methyl sites for hydroxylation is 2. The number of carbonyl (C=O) groups excluding carboxylic acids is 2. The SMILES string of the molecule is C[C@H](Sc1nncn1C)C(=O)Nc1ccc2nc(SCC(=O)n3c4c(c5ccccc53)CCCC4)sc2c1. The molecule has 0 unspecified atom stereocenters. The van der Waals surface area contributed by atoms with Crippen LogP contribution in [-0.2, 0) is 24.7 Å². The van der Waals surface area contributed by atoms with Crippen LogP contribution in [0.2, 0.25) is 0 Å². The molecule has 3 aromatic heterocycles. The zero-order valence-electron chi connectivity index (χ0n) is 21.0. The van der Waals surface area contributed by atoms with Crippen molar-refractivity contribution in [2.45, 2.75) is 47.4 Å². The Labute approximate surface area is 232 Å². The Balaban J connectivity index is 1.14. The molecule has 1 aliphatic rings. The Morgan fingerprint density at radius 3 is 2.84 bits per heavy atom. The summed E-state index contributed by atoms with van der Waals surface area (Å²) in [4.78, 5) is 30.9. The predicted molar refractivity (Wildman–Crippen MR) is 155 cm³/mol. The molecule has 0 radical (unpaired) electrons. The van der Waals surface area contributed by atoms with Gasteiger partial charge in [0.2, 0.25) is 11.8 Å². The molecule has 1 aliphatic carbocycles. The number of nitrogens with one attached hydrogen (secondary N) is 1. The molecule has 1 atom stereocenters. The fourth-order valence-electron chi connectivity index (χ4n) is 4.85. The molecule has 1 amide bonds. The highest BCUT2D eigenvalue weighted by molar-refractivity contribution is 8.01. The molecule has 194 valence electrons. The third-order valence-corrected chi connectivity index (χ3v) is 10.00.